The molecule has 0 radical (unpaired) electrons. The second kappa shape index (κ2) is 8.30. The zero-order valence-corrected chi connectivity index (χ0v) is 17.6. The van der Waals surface area contributed by atoms with Crippen molar-refractivity contribution in [3.8, 4) is 11.5 Å². The zero-order chi connectivity index (χ0) is 23.0. The lowest BCUT2D eigenvalue weighted by Crippen LogP contribution is -2.35. The minimum Gasteiger partial charge on any atom is -0.495 e. The molecule has 1 aliphatic heterocycles. The standard InChI is InChI=1S/C20H18ClF3N4O4/c1-30-15-7-11(16(31-2)6-10(15)21)26-19(29)13-9-18-25-12(14-4-3-5-32-14)8-17(20(22,23)24)28(18)27-13/h3-7,9,12,17,25H,8H2,1-2H3,(H,26,29)/t12-,17+/m0/s1. The van der Waals surface area contributed by atoms with Gasteiger partial charge in [-0.3, -0.25) is 4.79 Å². The van der Waals surface area contributed by atoms with E-state index in [0.717, 1.165) is 4.68 Å². The number of hydrogen-bond acceptors (Lipinski definition) is 6. The van der Waals surface area contributed by atoms with Crippen LogP contribution in [0.2, 0.25) is 5.02 Å². The number of alkyl halides is 3. The van der Waals surface area contributed by atoms with Crippen LogP contribution >= 0.6 is 11.6 Å². The van der Waals surface area contributed by atoms with Crippen LogP contribution in [0.5, 0.6) is 11.5 Å². The number of carbonyl (C=O) groups is 1. The van der Waals surface area contributed by atoms with Crippen molar-refractivity contribution in [2.24, 2.45) is 0 Å². The third kappa shape index (κ3) is 4.07. The van der Waals surface area contributed by atoms with Crippen LogP contribution < -0.4 is 20.1 Å². The largest absolute Gasteiger partial charge is 0.495 e. The highest BCUT2D eigenvalue weighted by Crippen LogP contribution is 2.44. The van der Waals surface area contributed by atoms with E-state index in [4.69, 9.17) is 25.5 Å². The molecule has 8 nitrogen and oxygen atoms in total. The second-order valence-electron chi connectivity index (χ2n) is 7.01. The smallest absolute Gasteiger partial charge is 0.410 e. The molecule has 1 aromatic carbocycles. The first-order valence-corrected chi connectivity index (χ1v) is 9.78. The Morgan fingerprint density at radius 1 is 1.28 bits per heavy atom. The molecule has 2 atom stereocenters. The van der Waals surface area contributed by atoms with Crippen LogP contribution in [-0.2, 0) is 0 Å². The Kier molecular flexibility index (Phi) is 5.68. The molecule has 12 heteroatoms. The molecule has 4 rings (SSSR count). The normalized spacial score (nSPS) is 17.9. The number of aromatic nitrogens is 2. The fourth-order valence-corrected chi connectivity index (χ4v) is 3.74. The average molecular weight is 471 g/mol. The minimum absolute atomic E-state index is 0.0470. The first-order valence-electron chi connectivity index (χ1n) is 9.40. The molecule has 1 amide bonds. The average Bonchev–Trinajstić information content (AvgIpc) is 3.42. The number of halogens is 4. The predicted molar refractivity (Wildman–Crippen MR) is 110 cm³/mol. The third-order valence-corrected chi connectivity index (χ3v) is 5.33. The van der Waals surface area contributed by atoms with E-state index in [1.54, 1.807) is 12.1 Å². The van der Waals surface area contributed by atoms with Gasteiger partial charge in [0.1, 0.15) is 23.1 Å². The van der Waals surface area contributed by atoms with Gasteiger partial charge < -0.3 is 24.5 Å². The Morgan fingerprint density at radius 3 is 2.66 bits per heavy atom. The summed E-state index contributed by atoms with van der Waals surface area (Å²) < 4.78 is 57.6. The number of furan rings is 1. The van der Waals surface area contributed by atoms with Gasteiger partial charge in [0.15, 0.2) is 11.7 Å². The molecule has 0 aliphatic carbocycles. The van der Waals surface area contributed by atoms with Crippen molar-refractivity contribution in [3.63, 3.8) is 0 Å². The number of carbonyl (C=O) groups excluding carboxylic acids is 1. The summed E-state index contributed by atoms with van der Waals surface area (Å²) in [5.41, 5.74) is 0.0105. The molecule has 0 unspecified atom stereocenters. The number of anilines is 2. The number of hydrogen-bond donors (Lipinski definition) is 2. The molecule has 3 heterocycles. The van der Waals surface area contributed by atoms with Gasteiger partial charge in [0.2, 0.25) is 0 Å². The van der Waals surface area contributed by atoms with E-state index >= 15 is 0 Å². The van der Waals surface area contributed by atoms with Crippen molar-refractivity contribution < 1.29 is 31.9 Å². The number of nitrogens with one attached hydrogen (secondary N) is 2. The van der Waals surface area contributed by atoms with Crippen LogP contribution in [0.25, 0.3) is 0 Å². The number of rotatable bonds is 5. The second-order valence-corrected chi connectivity index (χ2v) is 7.41. The highest BCUT2D eigenvalue weighted by Gasteiger charge is 2.47. The predicted octanol–water partition coefficient (Wildman–Crippen LogP) is 5.06. The van der Waals surface area contributed by atoms with Gasteiger partial charge in [-0.15, -0.1) is 0 Å². The van der Waals surface area contributed by atoms with Crippen LogP contribution in [0, 0.1) is 0 Å². The van der Waals surface area contributed by atoms with E-state index in [9.17, 15) is 18.0 Å². The fraction of sp³-hybridized carbons (Fsp3) is 0.300. The molecule has 1 aliphatic rings. The SMILES string of the molecule is COc1cc(NC(=O)c2cc3n(n2)[C@@H](C(F)(F)F)C[C@@H](c2ccco2)N3)c(OC)cc1Cl. The van der Waals surface area contributed by atoms with Gasteiger partial charge in [0.05, 0.1) is 37.2 Å². The molecule has 0 fully saturated rings. The lowest BCUT2D eigenvalue weighted by Gasteiger charge is -2.32. The monoisotopic (exact) mass is 470 g/mol. The van der Waals surface area contributed by atoms with Crippen molar-refractivity contribution in [2.45, 2.75) is 24.7 Å². The first-order chi connectivity index (χ1) is 15.2. The fourth-order valence-electron chi connectivity index (χ4n) is 3.50. The first kappa shape index (κ1) is 21.9. The summed E-state index contributed by atoms with van der Waals surface area (Å²) in [6, 6.07) is 4.67. The quantitative estimate of drug-likeness (QED) is 0.541. The van der Waals surface area contributed by atoms with Gasteiger partial charge in [-0.1, -0.05) is 11.6 Å². The van der Waals surface area contributed by atoms with Crippen LogP contribution in [0.4, 0.5) is 24.7 Å². The number of nitrogens with zero attached hydrogens (tertiary/aromatic N) is 2. The van der Waals surface area contributed by atoms with Crippen LogP contribution in [0.15, 0.2) is 41.0 Å². The molecule has 0 bridgehead atoms. The van der Waals surface area contributed by atoms with Crippen LogP contribution in [-0.4, -0.2) is 36.1 Å². The summed E-state index contributed by atoms with van der Waals surface area (Å²) >= 11 is 6.06. The van der Waals surface area contributed by atoms with E-state index in [1.807, 2.05) is 0 Å². The molecule has 3 aromatic rings. The number of methoxy groups -OCH3 is 2. The number of benzene rings is 1. The molecule has 0 saturated heterocycles. The Morgan fingerprint density at radius 2 is 2.03 bits per heavy atom. The Labute approximate surface area is 185 Å². The molecule has 32 heavy (non-hydrogen) atoms. The molecule has 0 spiro atoms. The van der Waals surface area contributed by atoms with Gasteiger partial charge in [-0.2, -0.15) is 18.3 Å². The van der Waals surface area contributed by atoms with Gasteiger partial charge >= 0.3 is 6.18 Å². The number of fused-ring (bicyclic) bond motifs is 1. The van der Waals surface area contributed by atoms with Crippen LogP contribution in [0.3, 0.4) is 0 Å². The minimum atomic E-state index is -4.58. The molecule has 0 saturated carbocycles. The molecule has 170 valence electrons. The lowest BCUT2D eigenvalue weighted by molar-refractivity contribution is -0.174. The summed E-state index contributed by atoms with van der Waals surface area (Å²) in [6.45, 7) is 0. The van der Waals surface area contributed by atoms with E-state index in [2.05, 4.69) is 15.7 Å². The van der Waals surface area contributed by atoms with Crippen molar-refractivity contribution in [2.75, 3.05) is 24.9 Å². The van der Waals surface area contributed by atoms with Crippen molar-refractivity contribution >= 4 is 29.0 Å². The maximum atomic E-state index is 13.7. The zero-order valence-electron chi connectivity index (χ0n) is 16.9. The highest BCUT2D eigenvalue weighted by atomic mass is 35.5. The van der Waals surface area contributed by atoms with Gasteiger partial charge in [-0.05, 0) is 12.1 Å². The van der Waals surface area contributed by atoms with Gasteiger partial charge in [-0.25, -0.2) is 4.68 Å². The van der Waals surface area contributed by atoms with E-state index in [0.29, 0.717) is 5.76 Å². The Bertz CT molecular complexity index is 1130. The molecule has 2 N–H and O–H groups in total. The Hall–Kier alpha value is -3.34. The van der Waals surface area contributed by atoms with E-state index < -0.39 is 24.2 Å². The van der Waals surface area contributed by atoms with E-state index in [-0.39, 0.29) is 40.1 Å². The summed E-state index contributed by atoms with van der Waals surface area (Å²) in [4.78, 5) is 12.8. The van der Waals surface area contributed by atoms with Crippen molar-refractivity contribution in [1.82, 2.24) is 9.78 Å². The molecule has 2 aromatic heterocycles. The summed E-state index contributed by atoms with van der Waals surface area (Å²) in [6.07, 6.45) is -3.53. The summed E-state index contributed by atoms with van der Waals surface area (Å²) in [5, 5.41) is 9.71. The topological polar surface area (TPSA) is 90.5 Å². The highest BCUT2D eigenvalue weighted by molar-refractivity contribution is 6.32. The van der Waals surface area contributed by atoms with E-state index in [1.165, 1.54) is 38.7 Å². The van der Waals surface area contributed by atoms with Gasteiger partial charge in [0.25, 0.3) is 5.91 Å². The van der Waals surface area contributed by atoms with Crippen molar-refractivity contribution in [3.05, 3.63) is 53.1 Å². The summed E-state index contributed by atoms with van der Waals surface area (Å²) in [7, 11) is 2.79. The number of amides is 1. The third-order valence-electron chi connectivity index (χ3n) is 5.03. The summed E-state index contributed by atoms with van der Waals surface area (Å²) in [5.74, 6) is 0.206. The Balaban J connectivity index is 1.65. The maximum Gasteiger partial charge on any atom is 0.410 e. The lowest BCUT2D eigenvalue weighted by atomic mass is 10.0. The van der Waals surface area contributed by atoms with Crippen LogP contribution in [0.1, 0.15) is 34.8 Å². The number of ether oxygens (including phenoxy) is 2. The molecular weight excluding hydrogens is 453 g/mol. The maximum absolute atomic E-state index is 13.7. The van der Waals surface area contributed by atoms with Gasteiger partial charge in [0, 0.05) is 24.6 Å². The molecular formula is C20H18ClF3N4O4. The van der Waals surface area contributed by atoms with Crippen molar-refractivity contribution in [1.29, 1.82) is 0 Å².